The standard InChI is InChI=1S/C26H20FN7O/c1-26(16-9-11-29-12-10-16)20-22(28)31-24(32-23(20)33-25(26)35)21-18-8-4-5-13-34(18)19(30-21)14-15-6-2-3-7-17(15)27/h2-13H,14H2,1H3,(H3,28,31,32,33,35). The van der Waals surface area contributed by atoms with Crippen molar-refractivity contribution in [2.75, 3.05) is 11.1 Å². The van der Waals surface area contributed by atoms with E-state index in [2.05, 4.69) is 20.3 Å². The number of imidazole rings is 1. The molecular formula is C26H20FN7O. The molecule has 1 aromatic carbocycles. The number of nitrogen functional groups attached to an aromatic ring is 1. The van der Waals surface area contributed by atoms with Crippen molar-refractivity contribution in [3.05, 3.63) is 102 Å². The Morgan fingerprint density at radius 1 is 1.03 bits per heavy atom. The molecule has 0 fully saturated rings. The average molecular weight is 465 g/mol. The first-order chi connectivity index (χ1) is 17.0. The number of hydrogen-bond donors (Lipinski definition) is 2. The van der Waals surface area contributed by atoms with Crippen LogP contribution in [0.3, 0.4) is 0 Å². The van der Waals surface area contributed by atoms with Gasteiger partial charge in [-0.15, -0.1) is 0 Å². The van der Waals surface area contributed by atoms with E-state index in [4.69, 9.17) is 10.7 Å². The van der Waals surface area contributed by atoms with Gasteiger partial charge in [0, 0.05) is 25.0 Å². The molecule has 0 spiro atoms. The highest BCUT2D eigenvalue weighted by molar-refractivity contribution is 6.09. The first-order valence-electron chi connectivity index (χ1n) is 11.1. The number of nitrogens with zero attached hydrogens (tertiary/aromatic N) is 5. The smallest absolute Gasteiger partial charge is 0.240 e. The third-order valence-corrected chi connectivity index (χ3v) is 6.52. The Morgan fingerprint density at radius 3 is 2.60 bits per heavy atom. The monoisotopic (exact) mass is 465 g/mol. The molecule has 3 N–H and O–H groups in total. The lowest BCUT2D eigenvalue weighted by Gasteiger charge is -2.23. The highest BCUT2D eigenvalue weighted by Crippen LogP contribution is 2.44. The summed E-state index contributed by atoms with van der Waals surface area (Å²) in [5.74, 6) is 0.919. The molecular weight excluding hydrogens is 445 g/mol. The maximum absolute atomic E-state index is 14.3. The van der Waals surface area contributed by atoms with E-state index in [-0.39, 0.29) is 29.8 Å². The number of fused-ring (bicyclic) bond motifs is 2. The van der Waals surface area contributed by atoms with Gasteiger partial charge in [-0.3, -0.25) is 9.78 Å². The van der Waals surface area contributed by atoms with Crippen LogP contribution in [0.5, 0.6) is 0 Å². The summed E-state index contributed by atoms with van der Waals surface area (Å²) in [6.45, 7) is 1.79. The van der Waals surface area contributed by atoms with Crippen LogP contribution in [-0.2, 0) is 16.6 Å². The lowest BCUT2D eigenvalue weighted by molar-refractivity contribution is -0.119. The fraction of sp³-hybridized carbons (Fsp3) is 0.115. The predicted octanol–water partition coefficient (Wildman–Crippen LogP) is 3.76. The highest BCUT2D eigenvalue weighted by Gasteiger charge is 2.47. The van der Waals surface area contributed by atoms with Gasteiger partial charge >= 0.3 is 0 Å². The molecule has 8 nitrogen and oxygen atoms in total. The number of hydrogen-bond acceptors (Lipinski definition) is 6. The second kappa shape index (κ2) is 7.69. The number of anilines is 2. The minimum Gasteiger partial charge on any atom is -0.383 e. The molecule has 1 aliphatic rings. The summed E-state index contributed by atoms with van der Waals surface area (Å²) >= 11 is 0. The van der Waals surface area contributed by atoms with Crippen molar-refractivity contribution in [2.24, 2.45) is 0 Å². The molecule has 0 aliphatic carbocycles. The van der Waals surface area contributed by atoms with E-state index in [0.717, 1.165) is 11.1 Å². The summed E-state index contributed by atoms with van der Waals surface area (Å²) in [5, 5.41) is 2.87. The van der Waals surface area contributed by atoms with Gasteiger partial charge in [0.25, 0.3) is 0 Å². The van der Waals surface area contributed by atoms with Gasteiger partial charge in [0.1, 0.15) is 34.4 Å². The summed E-state index contributed by atoms with van der Waals surface area (Å²) in [7, 11) is 0. The number of pyridine rings is 2. The van der Waals surface area contributed by atoms with Crippen LogP contribution >= 0.6 is 0 Å². The number of benzene rings is 1. The molecule has 5 aromatic rings. The van der Waals surface area contributed by atoms with Crippen LogP contribution in [0.4, 0.5) is 16.0 Å². The largest absolute Gasteiger partial charge is 0.383 e. The summed E-state index contributed by atoms with van der Waals surface area (Å²) in [5.41, 5.74) is 8.43. The van der Waals surface area contributed by atoms with E-state index >= 15 is 0 Å². The molecule has 4 aromatic heterocycles. The van der Waals surface area contributed by atoms with Gasteiger partial charge in [-0.05, 0) is 48.4 Å². The topological polar surface area (TPSA) is 111 Å². The fourth-order valence-corrected chi connectivity index (χ4v) is 4.68. The van der Waals surface area contributed by atoms with Gasteiger partial charge in [-0.2, -0.15) is 0 Å². The summed E-state index contributed by atoms with van der Waals surface area (Å²) in [6, 6.07) is 15.8. The third-order valence-electron chi connectivity index (χ3n) is 6.52. The second-order valence-corrected chi connectivity index (χ2v) is 8.57. The zero-order valence-electron chi connectivity index (χ0n) is 18.7. The lowest BCUT2D eigenvalue weighted by atomic mass is 9.78. The minimum atomic E-state index is -1.05. The molecule has 0 bridgehead atoms. The van der Waals surface area contributed by atoms with Crippen molar-refractivity contribution in [3.8, 4) is 11.5 Å². The van der Waals surface area contributed by atoms with Crippen LogP contribution in [0.1, 0.15) is 29.4 Å². The molecule has 9 heteroatoms. The fourth-order valence-electron chi connectivity index (χ4n) is 4.68. The highest BCUT2D eigenvalue weighted by atomic mass is 19.1. The number of nitrogens with two attached hydrogens (primary N) is 1. The lowest BCUT2D eigenvalue weighted by Crippen LogP contribution is -2.33. The van der Waals surface area contributed by atoms with E-state index in [1.165, 1.54) is 6.07 Å². The van der Waals surface area contributed by atoms with E-state index in [9.17, 15) is 9.18 Å². The summed E-state index contributed by atoms with van der Waals surface area (Å²) in [6.07, 6.45) is 5.41. The second-order valence-electron chi connectivity index (χ2n) is 8.57. The number of amides is 1. The van der Waals surface area contributed by atoms with Crippen LogP contribution in [0, 0.1) is 5.82 Å². The number of aromatic nitrogens is 5. The molecule has 5 heterocycles. The van der Waals surface area contributed by atoms with Gasteiger partial charge in [0.15, 0.2) is 5.82 Å². The molecule has 172 valence electrons. The summed E-state index contributed by atoms with van der Waals surface area (Å²) in [4.78, 5) is 31.1. The van der Waals surface area contributed by atoms with E-state index in [1.807, 2.05) is 28.8 Å². The van der Waals surface area contributed by atoms with Crippen LogP contribution < -0.4 is 11.1 Å². The van der Waals surface area contributed by atoms with Crippen molar-refractivity contribution in [1.82, 2.24) is 24.3 Å². The Morgan fingerprint density at radius 2 is 1.80 bits per heavy atom. The predicted molar refractivity (Wildman–Crippen MR) is 129 cm³/mol. The SMILES string of the molecule is CC1(c2ccncc2)C(=O)Nc2nc(-c3nc(Cc4ccccc4F)n4ccccc34)nc(N)c21. The number of carbonyl (C=O) groups excluding carboxylic acids is 1. The van der Waals surface area contributed by atoms with Crippen molar-refractivity contribution in [3.63, 3.8) is 0 Å². The van der Waals surface area contributed by atoms with Crippen molar-refractivity contribution >= 4 is 23.1 Å². The molecule has 1 aliphatic heterocycles. The van der Waals surface area contributed by atoms with Gasteiger partial charge < -0.3 is 15.5 Å². The maximum Gasteiger partial charge on any atom is 0.240 e. The average Bonchev–Trinajstić information content (AvgIpc) is 3.36. The maximum atomic E-state index is 14.3. The minimum absolute atomic E-state index is 0.190. The number of rotatable bonds is 4. The van der Waals surface area contributed by atoms with Crippen LogP contribution in [0.2, 0.25) is 0 Å². The zero-order chi connectivity index (χ0) is 24.2. The van der Waals surface area contributed by atoms with Gasteiger partial charge in [-0.1, -0.05) is 24.3 Å². The summed E-state index contributed by atoms with van der Waals surface area (Å²) < 4.78 is 16.2. The number of halogens is 1. The molecule has 1 atom stereocenters. The molecule has 0 radical (unpaired) electrons. The van der Waals surface area contributed by atoms with E-state index in [1.54, 1.807) is 49.6 Å². The quantitative estimate of drug-likeness (QED) is 0.418. The van der Waals surface area contributed by atoms with Crippen LogP contribution in [0.25, 0.3) is 17.0 Å². The van der Waals surface area contributed by atoms with Gasteiger partial charge in [0.2, 0.25) is 5.91 Å². The van der Waals surface area contributed by atoms with Gasteiger partial charge in [-0.25, -0.2) is 19.3 Å². The van der Waals surface area contributed by atoms with Crippen LogP contribution in [0.15, 0.2) is 73.2 Å². The zero-order valence-corrected chi connectivity index (χ0v) is 18.7. The first kappa shape index (κ1) is 20.9. The van der Waals surface area contributed by atoms with Crippen molar-refractivity contribution in [1.29, 1.82) is 0 Å². The Hall–Kier alpha value is -4.66. The Labute approximate surface area is 199 Å². The molecule has 35 heavy (non-hydrogen) atoms. The molecule has 6 rings (SSSR count). The molecule has 0 saturated carbocycles. The number of carbonyl (C=O) groups is 1. The molecule has 0 saturated heterocycles. The van der Waals surface area contributed by atoms with E-state index in [0.29, 0.717) is 28.5 Å². The van der Waals surface area contributed by atoms with Gasteiger partial charge in [0.05, 0.1) is 11.1 Å². The molecule has 1 amide bonds. The first-order valence-corrected chi connectivity index (χ1v) is 11.1. The normalized spacial score (nSPS) is 16.9. The Bertz CT molecular complexity index is 1620. The van der Waals surface area contributed by atoms with E-state index < -0.39 is 5.41 Å². The Balaban J connectivity index is 1.49. The molecule has 1 unspecified atom stereocenters. The van der Waals surface area contributed by atoms with Crippen LogP contribution in [-0.4, -0.2) is 30.2 Å². The van der Waals surface area contributed by atoms with Crippen molar-refractivity contribution < 1.29 is 9.18 Å². The Kier molecular flexibility index (Phi) is 4.60. The number of nitrogens with one attached hydrogen (secondary N) is 1. The third kappa shape index (κ3) is 3.16. The van der Waals surface area contributed by atoms with Crippen molar-refractivity contribution in [2.45, 2.75) is 18.8 Å².